The zero-order valence-electron chi connectivity index (χ0n) is 15.0. The first-order chi connectivity index (χ1) is 13.5. The second kappa shape index (κ2) is 7.90. The van der Waals surface area contributed by atoms with Crippen LogP contribution in [0.3, 0.4) is 0 Å². The number of nitrogens with zero attached hydrogens (tertiary/aromatic N) is 1. The third-order valence-corrected chi connectivity index (χ3v) is 7.01. The zero-order valence-corrected chi connectivity index (χ0v) is 16.6. The Morgan fingerprint density at radius 1 is 1.34 bits per heavy atom. The number of thiophene rings is 1. The number of halogens is 3. The van der Waals surface area contributed by atoms with E-state index in [9.17, 15) is 26.4 Å². The maximum absolute atomic E-state index is 13.4. The molecule has 1 saturated heterocycles. The predicted octanol–water partition coefficient (Wildman–Crippen LogP) is 3.55. The Kier molecular flexibility index (Phi) is 5.86. The van der Waals surface area contributed by atoms with Crippen LogP contribution in [0, 0.1) is 0 Å². The van der Waals surface area contributed by atoms with Gasteiger partial charge in [0.2, 0.25) is 10.0 Å². The molecule has 0 aliphatic carbocycles. The maximum atomic E-state index is 13.4. The van der Waals surface area contributed by atoms with E-state index in [0.717, 1.165) is 27.8 Å². The first kappa shape index (κ1) is 21.5. The van der Waals surface area contributed by atoms with Gasteiger partial charge in [-0.3, -0.25) is 0 Å². The summed E-state index contributed by atoms with van der Waals surface area (Å²) >= 11 is 1.05. The summed E-state index contributed by atoms with van der Waals surface area (Å²) in [4.78, 5) is 11.0. The van der Waals surface area contributed by atoms with Crippen LogP contribution >= 0.6 is 11.3 Å². The van der Waals surface area contributed by atoms with Crippen molar-refractivity contribution in [2.24, 2.45) is 0 Å². The van der Waals surface area contributed by atoms with Gasteiger partial charge < -0.3 is 9.84 Å². The fourth-order valence-electron chi connectivity index (χ4n) is 2.54. The number of ether oxygens (including phenoxy) is 1. The van der Waals surface area contributed by atoms with Crippen molar-refractivity contribution in [1.82, 2.24) is 4.31 Å². The monoisotopic (exact) mass is 447 g/mol. The topological polar surface area (TPSA) is 87.2 Å². The van der Waals surface area contributed by atoms with Crippen molar-refractivity contribution in [3.8, 4) is 10.4 Å². The smallest absolute Gasteiger partial charge is 0.416 e. The van der Waals surface area contributed by atoms with E-state index >= 15 is 0 Å². The molecule has 1 aliphatic rings. The highest BCUT2D eigenvalue weighted by atomic mass is 32.2. The molecule has 3 rings (SSSR count). The van der Waals surface area contributed by atoms with E-state index in [1.165, 1.54) is 25.3 Å². The molecular weight excluding hydrogens is 431 g/mol. The average Bonchev–Trinajstić information content (AvgIpc) is 3.32. The van der Waals surface area contributed by atoms with Gasteiger partial charge in [0.05, 0.1) is 23.2 Å². The number of alkyl halides is 3. The molecule has 2 aromatic rings. The molecule has 1 fully saturated rings. The van der Waals surface area contributed by atoms with Gasteiger partial charge in [0.1, 0.15) is 0 Å². The zero-order chi connectivity index (χ0) is 21.4. The quantitative estimate of drug-likeness (QED) is 0.518. The molecule has 1 aromatic heterocycles. The van der Waals surface area contributed by atoms with Crippen molar-refractivity contribution >= 4 is 33.4 Å². The number of carboxylic acid groups (broad SMARTS) is 1. The standard InChI is InChI=1S/C18H16F3NO5S2/c1-22(9-13-10-27-13)29(25,26)15-7-11(6-12(8-15)18(19,20)21)16-4-2-14(28-16)3-5-17(23)24/h2-8,13H,9-10H2,1H3,(H,23,24). The van der Waals surface area contributed by atoms with Gasteiger partial charge in [0.15, 0.2) is 0 Å². The van der Waals surface area contributed by atoms with Crippen LogP contribution in [0.5, 0.6) is 0 Å². The molecule has 1 atom stereocenters. The van der Waals surface area contributed by atoms with E-state index in [4.69, 9.17) is 9.84 Å². The molecule has 0 saturated carbocycles. The van der Waals surface area contributed by atoms with Crippen LogP contribution in [-0.4, -0.2) is 50.1 Å². The van der Waals surface area contributed by atoms with E-state index in [-0.39, 0.29) is 18.2 Å². The lowest BCUT2D eigenvalue weighted by molar-refractivity contribution is -0.137. The lowest BCUT2D eigenvalue weighted by Gasteiger charge is -2.18. The molecule has 0 amide bonds. The number of aliphatic carboxylic acids is 1. The molecule has 0 radical (unpaired) electrons. The Bertz CT molecular complexity index is 1060. The van der Waals surface area contributed by atoms with Gasteiger partial charge in [-0.1, -0.05) is 0 Å². The summed E-state index contributed by atoms with van der Waals surface area (Å²) in [6.07, 6.45) is -2.76. The van der Waals surface area contributed by atoms with Gasteiger partial charge in [0, 0.05) is 29.4 Å². The lowest BCUT2D eigenvalue weighted by atomic mass is 10.1. The van der Waals surface area contributed by atoms with Crippen molar-refractivity contribution in [3.63, 3.8) is 0 Å². The number of carbonyl (C=O) groups is 1. The van der Waals surface area contributed by atoms with Gasteiger partial charge in [-0.25, -0.2) is 13.2 Å². The maximum Gasteiger partial charge on any atom is 0.416 e. The minimum atomic E-state index is -4.73. The van der Waals surface area contributed by atoms with E-state index in [2.05, 4.69) is 0 Å². The third kappa shape index (κ3) is 5.24. The highest BCUT2D eigenvalue weighted by Crippen LogP contribution is 2.37. The summed E-state index contributed by atoms with van der Waals surface area (Å²) in [6, 6.07) is 5.73. The molecule has 0 bridgehead atoms. The number of hydrogen-bond donors (Lipinski definition) is 1. The summed E-state index contributed by atoms with van der Waals surface area (Å²) in [7, 11) is -2.87. The molecule has 29 heavy (non-hydrogen) atoms. The van der Waals surface area contributed by atoms with Crippen molar-refractivity contribution in [3.05, 3.63) is 46.8 Å². The van der Waals surface area contributed by atoms with Crippen molar-refractivity contribution < 1.29 is 36.2 Å². The number of hydrogen-bond acceptors (Lipinski definition) is 5. The molecule has 1 aliphatic heterocycles. The number of rotatable bonds is 7. The number of epoxide rings is 1. The van der Waals surface area contributed by atoms with Gasteiger partial charge in [-0.2, -0.15) is 17.5 Å². The van der Waals surface area contributed by atoms with Crippen LogP contribution in [0.25, 0.3) is 16.5 Å². The predicted molar refractivity (Wildman–Crippen MR) is 101 cm³/mol. The normalized spacial score (nSPS) is 17.2. The molecule has 1 N–H and O–H groups in total. The Hall–Kier alpha value is -2.21. The first-order valence-corrected chi connectivity index (χ1v) is 10.5. The van der Waals surface area contributed by atoms with Crippen LogP contribution in [0.1, 0.15) is 10.4 Å². The molecular formula is C18H16F3NO5S2. The fourth-order valence-corrected chi connectivity index (χ4v) is 4.72. The highest BCUT2D eigenvalue weighted by Gasteiger charge is 2.35. The second-order valence-electron chi connectivity index (χ2n) is 6.36. The molecule has 2 heterocycles. The van der Waals surface area contributed by atoms with Crippen LogP contribution in [0.2, 0.25) is 0 Å². The molecule has 1 aromatic carbocycles. The highest BCUT2D eigenvalue weighted by molar-refractivity contribution is 7.89. The second-order valence-corrected chi connectivity index (χ2v) is 9.52. The van der Waals surface area contributed by atoms with Crippen LogP contribution in [0.4, 0.5) is 13.2 Å². The minimum absolute atomic E-state index is 0.0526. The SMILES string of the molecule is CN(CC1CO1)S(=O)(=O)c1cc(-c2ccc(C=CC(=O)O)s2)cc(C(F)(F)F)c1. The summed E-state index contributed by atoms with van der Waals surface area (Å²) in [5.74, 6) is -1.16. The van der Waals surface area contributed by atoms with Crippen LogP contribution < -0.4 is 0 Å². The number of sulfonamides is 1. The van der Waals surface area contributed by atoms with Crippen LogP contribution in [0.15, 0.2) is 41.3 Å². The van der Waals surface area contributed by atoms with Crippen molar-refractivity contribution in [1.29, 1.82) is 0 Å². The number of carboxylic acids is 1. The third-order valence-electron chi connectivity index (χ3n) is 4.11. The van der Waals surface area contributed by atoms with Gasteiger partial charge in [-0.15, -0.1) is 11.3 Å². The number of benzene rings is 1. The van der Waals surface area contributed by atoms with Gasteiger partial charge in [0.25, 0.3) is 0 Å². The summed E-state index contributed by atoms with van der Waals surface area (Å²) in [6.45, 7) is 0.465. The summed E-state index contributed by atoms with van der Waals surface area (Å²) < 4.78 is 71.7. The minimum Gasteiger partial charge on any atom is -0.478 e. The Morgan fingerprint density at radius 2 is 2.03 bits per heavy atom. The number of likely N-dealkylation sites (N-methyl/N-ethyl adjacent to an activating group) is 1. The largest absolute Gasteiger partial charge is 0.478 e. The lowest BCUT2D eigenvalue weighted by Crippen LogP contribution is -2.30. The summed E-state index contributed by atoms with van der Waals surface area (Å²) in [5, 5.41) is 8.68. The van der Waals surface area contributed by atoms with Gasteiger partial charge in [-0.05, 0) is 42.0 Å². The van der Waals surface area contributed by atoms with E-state index in [1.54, 1.807) is 6.07 Å². The van der Waals surface area contributed by atoms with E-state index in [0.29, 0.717) is 22.4 Å². The first-order valence-electron chi connectivity index (χ1n) is 8.28. The fraction of sp³-hybridized carbons (Fsp3) is 0.278. The molecule has 11 heteroatoms. The Balaban J connectivity index is 2.03. The van der Waals surface area contributed by atoms with E-state index < -0.39 is 32.6 Å². The van der Waals surface area contributed by atoms with Crippen LogP contribution in [-0.2, 0) is 25.7 Å². The van der Waals surface area contributed by atoms with Crippen molar-refractivity contribution in [2.75, 3.05) is 20.2 Å². The molecule has 156 valence electrons. The average molecular weight is 447 g/mol. The van der Waals surface area contributed by atoms with E-state index in [1.807, 2.05) is 0 Å². The Labute approximate surface area is 168 Å². The van der Waals surface area contributed by atoms with Crippen molar-refractivity contribution in [2.45, 2.75) is 17.2 Å². The van der Waals surface area contributed by atoms with Gasteiger partial charge >= 0.3 is 12.1 Å². The Morgan fingerprint density at radius 3 is 2.62 bits per heavy atom. The summed E-state index contributed by atoms with van der Waals surface area (Å²) in [5.41, 5.74) is -1.00. The molecule has 0 spiro atoms. The molecule has 1 unspecified atom stereocenters. The molecule has 6 nitrogen and oxygen atoms in total.